The van der Waals surface area contributed by atoms with Gasteiger partial charge in [0, 0.05) is 6.92 Å². The SMILES string of the molecule is CCOC(=O)C(C(=O)OCC)[C@@H]1CC[C@@H](C(=O)OCC)N1C(C)=O. The summed E-state index contributed by atoms with van der Waals surface area (Å²) in [6.07, 6.45) is 0.629. The van der Waals surface area contributed by atoms with E-state index in [1.54, 1.807) is 20.8 Å². The lowest BCUT2D eigenvalue weighted by Crippen LogP contribution is -2.51. The van der Waals surface area contributed by atoms with Gasteiger partial charge in [-0.2, -0.15) is 0 Å². The van der Waals surface area contributed by atoms with Gasteiger partial charge in [0.1, 0.15) is 6.04 Å². The van der Waals surface area contributed by atoms with Crippen molar-refractivity contribution in [2.24, 2.45) is 5.92 Å². The lowest BCUT2D eigenvalue weighted by atomic mass is 9.97. The highest BCUT2D eigenvalue weighted by Gasteiger charge is 2.49. The van der Waals surface area contributed by atoms with E-state index in [-0.39, 0.29) is 19.8 Å². The number of hydrogen-bond acceptors (Lipinski definition) is 7. The molecule has 0 N–H and O–H groups in total. The predicted molar refractivity (Wildman–Crippen MR) is 82.7 cm³/mol. The van der Waals surface area contributed by atoms with Crippen molar-refractivity contribution >= 4 is 23.8 Å². The summed E-state index contributed by atoms with van der Waals surface area (Å²) in [5.74, 6) is -3.72. The highest BCUT2D eigenvalue weighted by atomic mass is 16.6. The lowest BCUT2D eigenvalue weighted by Gasteiger charge is -2.31. The summed E-state index contributed by atoms with van der Waals surface area (Å²) in [7, 11) is 0. The smallest absolute Gasteiger partial charge is 0.328 e. The van der Waals surface area contributed by atoms with E-state index in [9.17, 15) is 19.2 Å². The van der Waals surface area contributed by atoms with Gasteiger partial charge in [-0.25, -0.2) is 4.79 Å². The zero-order chi connectivity index (χ0) is 18.3. The Kier molecular flexibility index (Phi) is 7.67. The molecular formula is C16H25NO7. The van der Waals surface area contributed by atoms with Crippen molar-refractivity contribution in [1.82, 2.24) is 4.90 Å². The van der Waals surface area contributed by atoms with E-state index < -0.39 is 41.8 Å². The predicted octanol–water partition coefficient (Wildman–Crippen LogP) is 0.671. The molecule has 1 fully saturated rings. The van der Waals surface area contributed by atoms with Crippen LogP contribution in [0.3, 0.4) is 0 Å². The lowest BCUT2D eigenvalue weighted by molar-refractivity contribution is -0.167. The summed E-state index contributed by atoms with van der Waals surface area (Å²) in [6.45, 7) is 6.59. The Morgan fingerprint density at radius 3 is 1.83 bits per heavy atom. The van der Waals surface area contributed by atoms with Gasteiger partial charge in [0.25, 0.3) is 0 Å². The molecule has 1 rings (SSSR count). The summed E-state index contributed by atoms with van der Waals surface area (Å²) >= 11 is 0. The standard InChI is InChI=1S/C16H25NO7/c1-5-22-14(19)12-9-8-11(17(12)10(4)18)13(15(20)23-6-2)16(21)24-7-3/h11-13H,5-9H2,1-4H3/t11-,12-/m0/s1. The summed E-state index contributed by atoms with van der Waals surface area (Å²) in [4.78, 5) is 49.9. The van der Waals surface area contributed by atoms with Crippen LogP contribution in [0.1, 0.15) is 40.5 Å². The highest BCUT2D eigenvalue weighted by molar-refractivity contribution is 5.97. The number of carbonyl (C=O) groups excluding carboxylic acids is 4. The van der Waals surface area contributed by atoms with Crippen molar-refractivity contribution in [3.8, 4) is 0 Å². The van der Waals surface area contributed by atoms with Gasteiger partial charge >= 0.3 is 17.9 Å². The van der Waals surface area contributed by atoms with E-state index in [1.165, 1.54) is 11.8 Å². The number of nitrogens with zero attached hydrogens (tertiary/aromatic N) is 1. The Labute approximate surface area is 141 Å². The quantitative estimate of drug-likeness (QED) is 0.380. The number of carbonyl (C=O) groups is 4. The van der Waals surface area contributed by atoms with Gasteiger partial charge in [0.2, 0.25) is 5.91 Å². The van der Waals surface area contributed by atoms with Gasteiger partial charge in [-0.3, -0.25) is 14.4 Å². The first-order valence-corrected chi connectivity index (χ1v) is 8.17. The molecule has 0 saturated carbocycles. The second-order valence-corrected chi connectivity index (χ2v) is 5.32. The van der Waals surface area contributed by atoms with Crippen LogP contribution in [0.15, 0.2) is 0 Å². The Morgan fingerprint density at radius 2 is 1.42 bits per heavy atom. The fourth-order valence-electron chi connectivity index (χ4n) is 2.96. The van der Waals surface area contributed by atoms with E-state index in [0.717, 1.165) is 0 Å². The minimum Gasteiger partial charge on any atom is -0.465 e. The Hall–Kier alpha value is -2.12. The fourth-order valence-corrected chi connectivity index (χ4v) is 2.96. The largest absolute Gasteiger partial charge is 0.465 e. The van der Waals surface area contributed by atoms with Gasteiger partial charge in [-0.1, -0.05) is 0 Å². The third-order valence-corrected chi connectivity index (χ3v) is 3.82. The Bertz CT molecular complexity index is 473. The molecule has 0 bridgehead atoms. The molecule has 0 aliphatic carbocycles. The van der Waals surface area contributed by atoms with Crippen LogP contribution >= 0.6 is 0 Å². The summed E-state index contributed by atoms with van der Waals surface area (Å²) in [5, 5.41) is 0. The van der Waals surface area contributed by atoms with Crippen molar-refractivity contribution in [2.75, 3.05) is 19.8 Å². The van der Waals surface area contributed by atoms with Crippen LogP contribution in [0.25, 0.3) is 0 Å². The van der Waals surface area contributed by atoms with Crippen molar-refractivity contribution in [2.45, 2.75) is 52.6 Å². The molecule has 1 aliphatic rings. The third-order valence-electron chi connectivity index (χ3n) is 3.82. The first-order valence-electron chi connectivity index (χ1n) is 8.17. The summed E-state index contributed by atoms with van der Waals surface area (Å²) in [5.41, 5.74) is 0. The van der Waals surface area contributed by atoms with Gasteiger partial charge in [-0.15, -0.1) is 0 Å². The maximum atomic E-state index is 12.2. The minimum absolute atomic E-state index is 0.100. The van der Waals surface area contributed by atoms with Crippen LogP contribution in [0.4, 0.5) is 0 Å². The molecule has 8 heteroatoms. The maximum Gasteiger partial charge on any atom is 0.328 e. The number of hydrogen-bond donors (Lipinski definition) is 0. The molecule has 1 aliphatic heterocycles. The molecule has 24 heavy (non-hydrogen) atoms. The Balaban J connectivity index is 3.11. The first-order chi connectivity index (χ1) is 11.4. The van der Waals surface area contributed by atoms with Crippen LogP contribution in [0, 0.1) is 5.92 Å². The van der Waals surface area contributed by atoms with E-state index in [1.807, 2.05) is 0 Å². The van der Waals surface area contributed by atoms with Crippen LogP contribution in [-0.4, -0.2) is 60.6 Å². The van der Waals surface area contributed by atoms with Crippen molar-refractivity contribution in [3.05, 3.63) is 0 Å². The van der Waals surface area contributed by atoms with E-state index >= 15 is 0 Å². The fraction of sp³-hybridized carbons (Fsp3) is 0.750. The molecule has 1 saturated heterocycles. The normalized spacial score (nSPS) is 20.0. The average Bonchev–Trinajstić information content (AvgIpc) is 2.93. The molecule has 0 spiro atoms. The second-order valence-electron chi connectivity index (χ2n) is 5.32. The number of amides is 1. The molecule has 0 aromatic carbocycles. The van der Waals surface area contributed by atoms with Gasteiger partial charge in [0.15, 0.2) is 5.92 Å². The molecule has 0 unspecified atom stereocenters. The summed E-state index contributed by atoms with van der Waals surface area (Å²) < 4.78 is 14.9. The monoisotopic (exact) mass is 343 g/mol. The zero-order valence-corrected chi connectivity index (χ0v) is 14.6. The number of likely N-dealkylation sites (tertiary alicyclic amines) is 1. The van der Waals surface area contributed by atoms with E-state index in [2.05, 4.69) is 0 Å². The van der Waals surface area contributed by atoms with Gasteiger partial charge in [0.05, 0.1) is 25.9 Å². The topological polar surface area (TPSA) is 99.2 Å². The van der Waals surface area contributed by atoms with Crippen molar-refractivity contribution in [3.63, 3.8) is 0 Å². The molecule has 1 amide bonds. The van der Waals surface area contributed by atoms with Crippen LogP contribution in [0.5, 0.6) is 0 Å². The molecule has 136 valence electrons. The average molecular weight is 343 g/mol. The van der Waals surface area contributed by atoms with Gasteiger partial charge < -0.3 is 19.1 Å². The molecular weight excluding hydrogens is 318 g/mol. The number of esters is 3. The van der Waals surface area contributed by atoms with Gasteiger partial charge in [-0.05, 0) is 33.6 Å². The number of ether oxygens (including phenoxy) is 3. The Morgan fingerprint density at radius 1 is 0.917 bits per heavy atom. The molecule has 0 aromatic heterocycles. The molecule has 2 atom stereocenters. The molecule has 1 heterocycles. The third kappa shape index (κ3) is 4.46. The van der Waals surface area contributed by atoms with E-state index in [0.29, 0.717) is 12.8 Å². The second kappa shape index (κ2) is 9.24. The molecule has 0 aromatic rings. The number of rotatable bonds is 7. The zero-order valence-electron chi connectivity index (χ0n) is 14.6. The highest BCUT2D eigenvalue weighted by Crippen LogP contribution is 2.31. The van der Waals surface area contributed by atoms with Crippen LogP contribution in [-0.2, 0) is 33.4 Å². The minimum atomic E-state index is -1.27. The first kappa shape index (κ1) is 19.9. The van der Waals surface area contributed by atoms with E-state index in [4.69, 9.17) is 14.2 Å². The van der Waals surface area contributed by atoms with Crippen molar-refractivity contribution < 1.29 is 33.4 Å². The van der Waals surface area contributed by atoms with Crippen molar-refractivity contribution in [1.29, 1.82) is 0 Å². The maximum absolute atomic E-state index is 12.2. The molecule has 8 nitrogen and oxygen atoms in total. The summed E-state index contributed by atoms with van der Waals surface area (Å²) in [6, 6.07) is -1.59. The van der Waals surface area contributed by atoms with Crippen LogP contribution < -0.4 is 0 Å². The van der Waals surface area contributed by atoms with Crippen LogP contribution in [0.2, 0.25) is 0 Å². The molecule has 0 radical (unpaired) electrons.